The molecule has 3 aromatic rings. The minimum atomic E-state index is -2.80. The van der Waals surface area contributed by atoms with Crippen LogP contribution in [0, 0.1) is 28.6 Å². The monoisotopic (exact) mass is 678 g/mol. The van der Waals surface area contributed by atoms with E-state index in [1.807, 2.05) is 36.4 Å². The Balaban J connectivity index is 1.40. The number of ketones is 4. The molecule has 1 heterocycles. The highest BCUT2D eigenvalue weighted by atomic mass is 16.5. The van der Waals surface area contributed by atoms with Crippen LogP contribution in [0.3, 0.4) is 0 Å². The number of amides is 1. The molecule has 0 bridgehead atoms. The lowest BCUT2D eigenvalue weighted by atomic mass is 9.42. The first kappa shape index (κ1) is 33.6. The third-order valence-corrected chi connectivity index (χ3v) is 11.3. The normalized spacial score (nSPS) is 31.2. The molecule has 7 N–H and O–H groups in total. The molecule has 0 aromatic heterocycles. The Labute approximate surface area is 287 Å². The molecule has 7 rings (SSSR count). The number of aromatic hydroxyl groups is 1. The Morgan fingerprint density at radius 1 is 1.00 bits per heavy atom. The maximum absolute atomic E-state index is 14.7. The molecular formula is C37H38N6O7. The van der Waals surface area contributed by atoms with E-state index in [1.54, 1.807) is 12.1 Å². The fourth-order valence-electron chi connectivity index (χ4n) is 9.19. The minimum absolute atomic E-state index is 0.143. The molecule has 4 aliphatic rings. The highest BCUT2D eigenvalue weighted by molar-refractivity contribution is 6.33. The van der Waals surface area contributed by atoms with E-state index in [-0.39, 0.29) is 12.0 Å². The van der Waals surface area contributed by atoms with E-state index in [9.17, 15) is 34.3 Å². The van der Waals surface area contributed by atoms with Crippen LogP contribution in [0.4, 0.5) is 0 Å². The zero-order chi connectivity index (χ0) is 35.9. The summed E-state index contributed by atoms with van der Waals surface area (Å²) in [5.74, 6) is -10.0. The fourth-order valence-corrected chi connectivity index (χ4v) is 9.19. The number of rotatable bonds is 5. The van der Waals surface area contributed by atoms with E-state index in [1.165, 1.54) is 25.1 Å². The molecule has 3 aliphatic carbocycles. The van der Waals surface area contributed by atoms with Crippen molar-refractivity contribution < 1.29 is 33.8 Å². The minimum Gasteiger partial charge on any atom is -0.507 e. The number of primary amides is 1. The SMILES string of the molecule is CN(C)[C@@H]1C(=O)C(C(N)=O)C(=O)[C@@]2(C#N)C(=O)C3C(=O)c4c(O)ccc(-c5ccc(CN6CCOCC6)c6ccccc56)c4C[C@@]3(N)C[C@@]12N. The predicted octanol–water partition coefficient (Wildman–Crippen LogP) is 0.461. The predicted molar refractivity (Wildman–Crippen MR) is 180 cm³/mol. The van der Waals surface area contributed by atoms with E-state index in [4.69, 9.17) is 21.9 Å². The van der Waals surface area contributed by atoms with Crippen LogP contribution in [0.25, 0.3) is 21.9 Å². The Morgan fingerprint density at radius 2 is 1.66 bits per heavy atom. The number of ether oxygens (including phenoxy) is 1. The smallest absolute Gasteiger partial charge is 0.235 e. The number of Topliss-reactive ketones (excluding diaryl/α,β-unsaturated/α-hetero) is 4. The summed E-state index contributed by atoms with van der Waals surface area (Å²) in [5, 5.41) is 23.7. The molecule has 2 saturated carbocycles. The van der Waals surface area contributed by atoms with Gasteiger partial charge in [0.15, 0.2) is 34.5 Å². The van der Waals surface area contributed by atoms with Crippen LogP contribution in [0.5, 0.6) is 5.75 Å². The maximum Gasteiger partial charge on any atom is 0.235 e. The summed E-state index contributed by atoms with van der Waals surface area (Å²) in [6.45, 7) is 3.67. The summed E-state index contributed by atoms with van der Waals surface area (Å²) in [4.78, 5) is 73.0. The highest BCUT2D eigenvalue weighted by Crippen LogP contribution is 2.57. The molecule has 6 atom stereocenters. The highest BCUT2D eigenvalue weighted by Gasteiger charge is 2.78. The Bertz CT molecular complexity index is 2070. The summed E-state index contributed by atoms with van der Waals surface area (Å²) in [7, 11) is 2.94. The summed E-state index contributed by atoms with van der Waals surface area (Å²) >= 11 is 0. The lowest BCUT2D eigenvalue weighted by molar-refractivity contribution is -0.166. The number of carbonyl (C=O) groups is 5. The van der Waals surface area contributed by atoms with Crippen molar-refractivity contribution in [2.45, 2.75) is 36.5 Å². The Hall–Kier alpha value is -4.84. The van der Waals surface area contributed by atoms with Crippen LogP contribution in [0.15, 0.2) is 48.5 Å². The first-order chi connectivity index (χ1) is 23.7. The van der Waals surface area contributed by atoms with Gasteiger partial charge in [0.2, 0.25) is 5.91 Å². The van der Waals surface area contributed by atoms with Crippen LogP contribution in [-0.2, 0) is 36.9 Å². The van der Waals surface area contributed by atoms with Gasteiger partial charge in [-0.1, -0.05) is 42.5 Å². The van der Waals surface area contributed by atoms with Gasteiger partial charge < -0.3 is 27.0 Å². The lowest BCUT2D eigenvalue weighted by Crippen LogP contribution is -2.85. The van der Waals surface area contributed by atoms with Crippen molar-refractivity contribution >= 4 is 39.8 Å². The molecule has 13 nitrogen and oxygen atoms in total. The van der Waals surface area contributed by atoms with E-state index >= 15 is 0 Å². The van der Waals surface area contributed by atoms with Crippen LogP contribution >= 0.6 is 0 Å². The first-order valence-corrected chi connectivity index (χ1v) is 16.5. The number of benzene rings is 3. The van der Waals surface area contributed by atoms with Gasteiger partial charge in [0.05, 0.1) is 36.4 Å². The number of morpholine rings is 1. The second-order valence-corrected chi connectivity index (χ2v) is 14.3. The van der Waals surface area contributed by atoms with E-state index in [0.29, 0.717) is 30.9 Å². The summed E-state index contributed by atoms with van der Waals surface area (Å²) < 4.78 is 5.52. The molecule has 3 aromatic carbocycles. The zero-order valence-electron chi connectivity index (χ0n) is 27.8. The van der Waals surface area contributed by atoms with Gasteiger partial charge in [0, 0.05) is 25.2 Å². The maximum atomic E-state index is 14.7. The fraction of sp³-hybridized carbons (Fsp3) is 0.405. The number of hydrogen-bond donors (Lipinski definition) is 4. The van der Waals surface area contributed by atoms with Crippen molar-refractivity contribution in [1.82, 2.24) is 9.80 Å². The second-order valence-electron chi connectivity index (χ2n) is 14.3. The van der Waals surface area contributed by atoms with Gasteiger partial charge in [0.25, 0.3) is 0 Å². The third-order valence-electron chi connectivity index (χ3n) is 11.3. The number of phenolic OH excluding ortho intramolecular Hbond substituents is 1. The van der Waals surface area contributed by atoms with Gasteiger partial charge in [-0.15, -0.1) is 0 Å². The molecule has 13 heteroatoms. The number of nitriles is 1. The molecule has 0 spiro atoms. The molecule has 1 aliphatic heterocycles. The summed E-state index contributed by atoms with van der Waals surface area (Å²) in [5.41, 5.74) is 15.4. The van der Waals surface area contributed by atoms with Crippen LogP contribution in [-0.4, -0.2) is 101 Å². The molecule has 50 heavy (non-hydrogen) atoms. The molecule has 258 valence electrons. The van der Waals surface area contributed by atoms with Crippen molar-refractivity contribution in [3.63, 3.8) is 0 Å². The number of hydrogen-bond acceptors (Lipinski definition) is 12. The van der Waals surface area contributed by atoms with Crippen LogP contribution in [0.2, 0.25) is 0 Å². The van der Waals surface area contributed by atoms with Crippen molar-refractivity contribution in [1.29, 1.82) is 5.26 Å². The number of nitrogens with two attached hydrogens (primary N) is 3. The van der Waals surface area contributed by atoms with E-state index in [2.05, 4.69) is 4.90 Å². The number of phenols is 1. The Morgan fingerprint density at radius 3 is 2.30 bits per heavy atom. The van der Waals surface area contributed by atoms with E-state index in [0.717, 1.165) is 35.0 Å². The van der Waals surface area contributed by atoms with Gasteiger partial charge in [0.1, 0.15) is 11.7 Å². The van der Waals surface area contributed by atoms with Crippen molar-refractivity contribution in [3.8, 4) is 22.9 Å². The van der Waals surface area contributed by atoms with Crippen molar-refractivity contribution in [2.75, 3.05) is 40.4 Å². The van der Waals surface area contributed by atoms with Gasteiger partial charge in [-0.3, -0.25) is 33.8 Å². The van der Waals surface area contributed by atoms with Gasteiger partial charge in [-0.05, 0) is 66.0 Å². The number of likely N-dealkylation sites (N-methyl/N-ethyl adjacent to an activating group) is 1. The first-order valence-electron chi connectivity index (χ1n) is 16.5. The molecule has 1 saturated heterocycles. The summed E-state index contributed by atoms with van der Waals surface area (Å²) in [6.07, 6.45) is -0.629. The molecule has 1 amide bonds. The van der Waals surface area contributed by atoms with Crippen molar-refractivity contribution in [2.24, 2.45) is 34.5 Å². The van der Waals surface area contributed by atoms with Gasteiger partial charge >= 0.3 is 0 Å². The Kier molecular flexibility index (Phi) is 7.82. The van der Waals surface area contributed by atoms with Crippen LogP contribution < -0.4 is 17.2 Å². The zero-order valence-corrected chi connectivity index (χ0v) is 27.8. The van der Waals surface area contributed by atoms with Gasteiger partial charge in [-0.2, -0.15) is 5.26 Å². The average Bonchev–Trinajstić information content (AvgIpc) is 3.05. The van der Waals surface area contributed by atoms with E-state index < -0.39 is 75.6 Å². The summed E-state index contributed by atoms with van der Waals surface area (Å²) in [6, 6.07) is 15.2. The van der Waals surface area contributed by atoms with Gasteiger partial charge in [-0.25, -0.2) is 0 Å². The largest absolute Gasteiger partial charge is 0.507 e. The standard InChI is InChI=1S/C37H38N6O7/c1-42(2)31-30(46)27(34(39)49)32(47)36(18-38)33(48)28-29(45)26-24(15-35(28,40)17-37(31,36)41)23(9-10-25(26)44)22-8-7-19(16-43-11-13-50-14-12-43)20-5-3-4-6-21(20)22/h3-10,27-28,31,44H,11-17,40-41H2,1-2H3,(H2,39,49)/t27?,28?,31-,35-,36+,37-/m1/s1. The lowest BCUT2D eigenvalue weighted by Gasteiger charge is -2.60. The van der Waals surface area contributed by atoms with Crippen molar-refractivity contribution in [3.05, 3.63) is 65.2 Å². The van der Waals surface area contributed by atoms with Crippen LogP contribution in [0.1, 0.15) is 27.9 Å². The second kappa shape index (κ2) is 11.6. The molecule has 2 unspecified atom stereocenters. The quantitative estimate of drug-likeness (QED) is 0.270. The average molecular weight is 679 g/mol. The molecule has 3 fully saturated rings. The number of carbonyl (C=O) groups excluding carboxylic acids is 5. The molecular weight excluding hydrogens is 640 g/mol. The third kappa shape index (κ3) is 4.46. The topological polar surface area (TPSA) is 223 Å². The molecule has 0 radical (unpaired) electrons. The number of fused-ring (bicyclic) bond motifs is 4. The number of nitrogens with zero attached hydrogens (tertiary/aromatic N) is 3.